The predicted molar refractivity (Wildman–Crippen MR) is 116 cm³/mol. The third kappa shape index (κ3) is 3.40. The van der Waals surface area contributed by atoms with Gasteiger partial charge < -0.3 is 15.2 Å². The smallest absolute Gasteiger partial charge is 0.272 e. The minimum atomic E-state index is -0.666. The number of H-pyrrole nitrogens is 1. The van der Waals surface area contributed by atoms with Crippen LogP contribution in [-0.2, 0) is 16.1 Å². The summed E-state index contributed by atoms with van der Waals surface area (Å²) in [6.45, 7) is 0.253. The van der Waals surface area contributed by atoms with Crippen LogP contribution in [0.2, 0.25) is 0 Å². The summed E-state index contributed by atoms with van der Waals surface area (Å²) in [6, 6.07) is 11.9. The maximum Gasteiger partial charge on any atom is 0.272 e. The SMILES string of the molecule is O=C1CCC(N2Cc3cc(NC(=O)c4cc5c(Br)cccc5[nH]4)ccc3C2=O)C(=O)N1. The van der Waals surface area contributed by atoms with E-state index in [1.54, 1.807) is 24.3 Å². The van der Waals surface area contributed by atoms with Crippen molar-refractivity contribution in [3.05, 3.63) is 63.8 Å². The molecule has 3 heterocycles. The van der Waals surface area contributed by atoms with Crippen LogP contribution in [0.15, 0.2) is 46.9 Å². The third-order valence-corrected chi connectivity index (χ3v) is 6.33. The first-order valence-corrected chi connectivity index (χ1v) is 10.6. The first-order chi connectivity index (χ1) is 14.9. The van der Waals surface area contributed by atoms with Crippen LogP contribution in [0.25, 0.3) is 10.9 Å². The Morgan fingerprint density at radius 2 is 1.97 bits per heavy atom. The van der Waals surface area contributed by atoms with Gasteiger partial charge in [-0.25, -0.2) is 0 Å². The number of benzene rings is 2. The van der Waals surface area contributed by atoms with E-state index >= 15 is 0 Å². The molecule has 1 atom stereocenters. The monoisotopic (exact) mass is 480 g/mol. The van der Waals surface area contributed by atoms with Gasteiger partial charge in [0.15, 0.2) is 0 Å². The number of nitrogens with one attached hydrogen (secondary N) is 3. The molecule has 2 aliphatic heterocycles. The summed E-state index contributed by atoms with van der Waals surface area (Å²) in [4.78, 5) is 53.6. The van der Waals surface area contributed by atoms with Crippen LogP contribution in [0.4, 0.5) is 5.69 Å². The Morgan fingerprint density at radius 3 is 2.74 bits per heavy atom. The van der Waals surface area contributed by atoms with Crippen molar-refractivity contribution in [3.8, 4) is 0 Å². The number of halogens is 1. The molecule has 0 radical (unpaired) electrons. The molecule has 31 heavy (non-hydrogen) atoms. The number of imide groups is 1. The zero-order valence-electron chi connectivity index (χ0n) is 16.2. The normalized spacial score (nSPS) is 18.3. The van der Waals surface area contributed by atoms with Gasteiger partial charge in [0, 0.05) is 39.6 Å². The number of fused-ring (bicyclic) bond motifs is 2. The summed E-state index contributed by atoms with van der Waals surface area (Å²) >= 11 is 3.48. The zero-order chi connectivity index (χ0) is 21.7. The van der Waals surface area contributed by atoms with Crippen LogP contribution in [0, 0.1) is 0 Å². The average molecular weight is 481 g/mol. The number of hydrogen-bond acceptors (Lipinski definition) is 4. The molecule has 156 valence electrons. The lowest BCUT2D eigenvalue weighted by Gasteiger charge is -2.29. The van der Waals surface area contributed by atoms with Crippen LogP contribution < -0.4 is 10.6 Å². The van der Waals surface area contributed by atoms with Crippen molar-refractivity contribution in [1.29, 1.82) is 0 Å². The molecule has 2 aliphatic rings. The Kier molecular flexibility index (Phi) is 4.62. The van der Waals surface area contributed by atoms with E-state index in [1.165, 1.54) is 4.90 Å². The molecule has 0 spiro atoms. The van der Waals surface area contributed by atoms with E-state index in [4.69, 9.17) is 0 Å². The predicted octanol–water partition coefficient (Wildman–Crippen LogP) is 2.94. The minimum absolute atomic E-state index is 0.207. The molecule has 4 amide bonds. The van der Waals surface area contributed by atoms with Gasteiger partial charge in [0.2, 0.25) is 11.8 Å². The lowest BCUT2D eigenvalue weighted by Crippen LogP contribution is -2.52. The molecule has 0 saturated carbocycles. The maximum atomic E-state index is 12.8. The molecule has 1 unspecified atom stereocenters. The average Bonchev–Trinajstić information content (AvgIpc) is 3.31. The standard InChI is InChI=1S/C22H17BrN4O4/c23-15-2-1-3-16-14(15)9-17(25-16)20(29)24-12-4-5-13-11(8-12)10-27(22(13)31)18-6-7-19(28)26-21(18)30/h1-5,8-9,18,25H,6-7,10H2,(H,24,29)(H,26,28,30). The van der Waals surface area contributed by atoms with E-state index in [0.717, 1.165) is 20.9 Å². The van der Waals surface area contributed by atoms with Gasteiger partial charge in [-0.3, -0.25) is 24.5 Å². The summed E-state index contributed by atoms with van der Waals surface area (Å²) in [5.41, 5.74) is 3.05. The Hall–Kier alpha value is -3.46. The molecular weight excluding hydrogens is 464 g/mol. The van der Waals surface area contributed by atoms with Crippen molar-refractivity contribution in [3.63, 3.8) is 0 Å². The Balaban J connectivity index is 1.35. The minimum Gasteiger partial charge on any atom is -0.350 e. The number of aromatic amines is 1. The van der Waals surface area contributed by atoms with Crippen LogP contribution in [-0.4, -0.2) is 39.6 Å². The largest absolute Gasteiger partial charge is 0.350 e. The number of aromatic nitrogens is 1. The lowest BCUT2D eigenvalue weighted by molar-refractivity contribution is -0.136. The van der Waals surface area contributed by atoms with Gasteiger partial charge in [-0.1, -0.05) is 22.0 Å². The molecule has 3 N–H and O–H groups in total. The number of piperidine rings is 1. The molecule has 1 aromatic heterocycles. The number of rotatable bonds is 3. The zero-order valence-corrected chi connectivity index (χ0v) is 17.8. The fraction of sp³-hybridized carbons (Fsp3) is 0.182. The number of carbonyl (C=O) groups is 4. The van der Waals surface area contributed by atoms with E-state index in [2.05, 4.69) is 31.5 Å². The number of nitrogens with zero attached hydrogens (tertiary/aromatic N) is 1. The Labute approximate surface area is 185 Å². The van der Waals surface area contributed by atoms with E-state index in [9.17, 15) is 19.2 Å². The van der Waals surface area contributed by atoms with Crippen LogP contribution in [0.3, 0.4) is 0 Å². The van der Waals surface area contributed by atoms with E-state index in [0.29, 0.717) is 23.4 Å². The van der Waals surface area contributed by atoms with E-state index in [-0.39, 0.29) is 30.7 Å². The van der Waals surface area contributed by atoms with Gasteiger partial charge in [0.25, 0.3) is 11.8 Å². The number of hydrogen-bond donors (Lipinski definition) is 3. The van der Waals surface area contributed by atoms with Crippen LogP contribution >= 0.6 is 15.9 Å². The molecule has 1 saturated heterocycles. The highest BCUT2D eigenvalue weighted by atomic mass is 79.9. The number of amides is 4. The number of anilines is 1. The fourth-order valence-electron chi connectivity index (χ4n) is 4.09. The summed E-state index contributed by atoms with van der Waals surface area (Å²) in [5.74, 6) is -1.31. The quantitative estimate of drug-likeness (QED) is 0.500. The maximum absolute atomic E-state index is 12.8. The van der Waals surface area contributed by atoms with Gasteiger partial charge in [-0.15, -0.1) is 0 Å². The van der Waals surface area contributed by atoms with Crippen LogP contribution in [0.5, 0.6) is 0 Å². The van der Waals surface area contributed by atoms with Crippen molar-refractivity contribution in [2.45, 2.75) is 25.4 Å². The van der Waals surface area contributed by atoms with Gasteiger partial charge in [0.1, 0.15) is 11.7 Å². The van der Waals surface area contributed by atoms with Crippen LogP contribution in [0.1, 0.15) is 39.3 Å². The molecular formula is C22H17BrN4O4. The first-order valence-electron chi connectivity index (χ1n) is 9.77. The molecule has 2 aromatic carbocycles. The lowest BCUT2D eigenvalue weighted by atomic mass is 10.0. The van der Waals surface area contributed by atoms with Gasteiger partial charge in [-0.05, 0) is 48.4 Å². The van der Waals surface area contributed by atoms with Gasteiger partial charge in [0.05, 0.1) is 0 Å². The molecule has 0 aliphatic carbocycles. The number of carbonyl (C=O) groups excluding carboxylic acids is 4. The molecule has 9 heteroatoms. The van der Waals surface area contributed by atoms with Crippen molar-refractivity contribution in [2.24, 2.45) is 0 Å². The fourth-order valence-corrected chi connectivity index (χ4v) is 4.57. The molecule has 3 aromatic rings. The summed E-state index contributed by atoms with van der Waals surface area (Å²) < 4.78 is 0.893. The van der Waals surface area contributed by atoms with E-state index < -0.39 is 11.9 Å². The topological polar surface area (TPSA) is 111 Å². The van der Waals surface area contributed by atoms with Crippen molar-refractivity contribution in [2.75, 3.05) is 5.32 Å². The van der Waals surface area contributed by atoms with Gasteiger partial charge in [-0.2, -0.15) is 0 Å². The summed E-state index contributed by atoms with van der Waals surface area (Å²) in [6.07, 6.45) is 0.516. The Morgan fingerprint density at radius 1 is 1.13 bits per heavy atom. The third-order valence-electron chi connectivity index (χ3n) is 5.64. The summed E-state index contributed by atoms with van der Waals surface area (Å²) in [7, 11) is 0. The van der Waals surface area contributed by atoms with E-state index in [1.807, 2.05) is 18.2 Å². The molecule has 8 nitrogen and oxygen atoms in total. The summed E-state index contributed by atoms with van der Waals surface area (Å²) in [5, 5.41) is 6.05. The second-order valence-corrected chi connectivity index (χ2v) is 8.46. The first kappa shape index (κ1) is 19.5. The second kappa shape index (κ2) is 7.35. The van der Waals surface area contributed by atoms with Crippen molar-refractivity contribution < 1.29 is 19.2 Å². The highest BCUT2D eigenvalue weighted by molar-refractivity contribution is 9.10. The highest BCUT2D eigenvalue weighted by Crippen LogP contribution is 2.30. The molecule has 1 fully saturated rings. The molecule has 5 rings (SSSR count). The van der Waals surface area contributed by atoms with Gasteiger partial charge >= 0.3 is 0 Å². The van der Waals surface area contributed by atoms with Crippen molar-refractivity contribution >= 4 is 56.1 Å². The Bertz CT molecular complexity index is 1280. The highest BCUT2D eigenvalue weighted by Gasteiger charge is 2.39. The van der Waals surface area contributed by atoms with Crippen molar-refractivity contribution in [1.82, 2.24) is 15.2 Å². The second-order valence-electron chi connectivity index (χ2n) is 7.61. The molecule has 0 bridgehead atoms.